The number of carbonyl (C=O) groups excluding carboxylic acids is 2. The molecule has 0 heterocycles. The molecule has 0 aliphatic carbocycles. The van der Waals surface area contributed by atoms with Crippen LogP contribution in [0.4, 0.5) is 0 Å². The van der Waals surface area contributed by atoms with Gasteiger partial charge in [0.15, 0.2) is 0 Å². The SMILES string of the molecule is CCCCCCCCCCCCC#CC#CCCCCCCCCC(=O)NCCCOCCOCCOCCCNC(=O)[C@@H](N)Cc1ccc(O)cc1. The van der Waals surface area contributed by atoms with Gasteiger partial charge < -0.3 is 35.7 Å². The lowest BCUT2D eigenvalue weighted by Gasteiger charge is -2.12. The Balaban J connectivity index is 1.76. The molecule has 53 heavy (non-hydrogen) atoms. The molecule has 5 N–H and O–H groups in total. The lowest BCUT2D eigenvalue weighted by molar-refractivity contribution is -0.122. The molecule has 0 saturated heterocycles. The van der Waals surface area contributed by atoms with Gasteiger partial charge in [-0.25, -0.2) is 0 Å². The van der Waals surface area contributed by atoms with Crippen LogP contribution < -0.4 is 16.4 Å². The molecule has 0 unspecified atom stereocenters. The molecule has 1 aromatic rings. The first-order valence-electron chi connectivity index (χ1n) is 20.8. The maximum Gasteiger partial charge on any atom is 0.237 e. The second-order valence-electron chi connectivity index (χ2n) is 13.8. The molecule has 0 radical (unpaired) electrons. The number of hydrogen-bond donors (Lipinski definition) is 4. The van der Waals surface area contributed by atoms with Crippen LogP contribution >= 0.6 is 0 Å². The molecule has 300 valence electrons. The number of nitrogens with one attached hydrogen (secondary N) is 2. The quantitative estimate of drug-likeness (QED) is 0.0413. The van der Waals surface area contributed by atoms with E-state index in [4.69, 9.17) is 19.9 Å². The van der Waals surface area contributed by atoms with Gasteiger partial charge in [-0.3, -0.25) is 9.59 Å². The van der Waals surface area contributed by atoms with Crippen LogP contribution in [-0.2, 0) is 30.2 Å². The van der Waals surface area contributed by atoms with Crippen molar-refractivity contribution in [3.63, 3.8) is 0 Å². The fourth-order valence-corrected chi connectivity index (χ4v) is 5.65. The highest BCUT2D eigenvalue weighted by molar-refractivity contribution is 5.81. The number of benzene rings is 1. The van der Waals surface area contributed by atoms with E-state index in [1.54, 1.807) is 24.3 Å². The van der Waals surface area contributed by atoms with Crippen LogP contribution in [-0.4, -0.2) is 75.7 Å². The number of phenols is 1. The average Bonchev–Trinajstić information content (AvgIpc) is 3.16. The zero-order valence-corrected chi connectivity index (χ0v) is 33.2. The number of aromatic hydroxyl groups is 1. The van der Waals surface area contributed by atoms with Crippen LogP contribution in [0.15, 0.2) is 24.3 Å². The van der Waals surface area contributed by atoms with Crippen LogP contribution in [0.3, 0.4) is 0 Å². The second kappa shape index (κ2) is 37.2. The molecule has 0 aliphatic rings. The van der Waals surface area contributed by atoms with Crippen LogP contribution in [0.1, 0.15) is 147 Å². The van der Waals surface area contributed by atoms with Crippen molar-refractivity contribution in [2.75, 3.05) is 52.7 Å². The van der Waals surface area contributed by atoms with E-state index in [1.165, 1.54) is 83.5 Å². The molecule has 0 fully saturated rings. The number of amides is 2. The van der Waals surface area contributed by atoms with Gasteiger partial charge in [0.2, 0.25) is 11.8 Å². The van der Waals surface area contributed by atoms with Crippen molar-refractivity contribution in [3.8, 4) is 29.4 Å². The van der Waals surface area contributed by atoms with Crippen molar-refractivity contribution >= 4 is 11.8 Å². The maximum atomic E-state index is 12.1. The predicted molar refractivity (Wildman–Crippen MR) is 216 cm³/mol. The minimum absolute atomic E-state index is 0.120. The lowest BCUT2D eigenvalue weighted by atomic mass is 10.1. The number of phenolic OH excluding ortho intramolecular Hbond substituents is 1. The summed E-state index contributed by atoms with van der Waals surface area (Å²) in [6, 6.07) is 6.04. The van der Waals surface area contributed by atoms with Gasteiger partial charge in [-0.1, -0.05) is 114 Å². The van der Waals surface area contributed by atoms with Gasteiger partial charge in [0.25, 0.3) is 0 Å². The zero-order valence-electron chi connectivity index (χ0n) is 33.2. The third-order valence-corrected chi connectivity index (χ3v) is 8.88. The van der Waals surface area contributed by atoms with Gasteiger partial charge in [-0.15, -0.1) is 0 Å². The van der Waals surface area contributed by atoms with E-state index >= 15 is 0 Å². The van der Waals surface area contributed by atoms with E-state index in [0.717, 1.165) is 44.1 Å². The minimum atomic E-state index is -0.637. The summed E-state index contributed by atoms with van der Waals surface area (Å²) in [5, 5.41) is 15.1. The van der Waals surface area contributed by atoms with Crippen LogP contribution in [0.25, 0.3) is 0 Å². The Hall–Kier alpha value is -3.08. The number of rotatable bonds is 35. The smallest absolute Gasteiger partial charge is 0.237 e. The molecule has 9 nitrogen and oxygen atoms in total. The highest BCUT2D eigenvalue weighted by Gasteiger charge is 2.13. The van der Waals surface area contributed by atoms with E-state index in [-0.39, 0.29) is 17.6 Å². The molecular weight excluding hydrogens is 666 g/mol. The zero-order chi connectivity index (χ0) is 38.3. The Morgan fingerprint density at radius 2 is 1.08 bits per heavy atom. The third kappa shape index (κ3) is 33.2. The molecule has 0 aliphatic heterocycles. The van der Waals surface area contributed by atoms with Gasteiger partial charge in [-0.05, 0) is 68.1 Å². The lowest BCUT2D eigenvalue weighted by Crippen LogP contribution is -2.42. The fraction of sp³-hybridized carbons (Fsp3) is 0.727. The molecule has 1 rings (SSSR count). The van der Waals surface area contributed by atoms with E-state index in [2.05, 4.69) is 41.2 Å². The summed E-state index contributed by atoms with van der Waals surface area (Å²) < 4.78 is 16.6. The molecule has 9 heteroatoms. The van der Waals surface area contributed by atoms with E-state index in [1.807, 2.05) is 0 Å². The normalized spacial score (nSPS) is 11.3. The third-order valence-electron chi connectivity index (χ3n) is 8.88. The molecular formula is C44H73N3O6. The van der Waals surface area contributed by atoms with E-state index < -0.39 is 6.04 Å². The number of nitrogens with two attached hydrogens (primary N) is 1. The summed E-state index contributed by atoms with van der Waals surface area (Å²) in [7, 11) is 0. The maximum absolute atomic E-state index is 12.1. The van der Waals surface area contributed by atoms with Crippen molar-refractivity contribution < 1.29 is 28.9 Å². The van der Waals surface area contributed by atoms with Crippen molar-refractivity contribution in [1.82, 2.24) is 10.6 Å². The Morgan fingerprint density at radius 3 is 1.60 bits per heavy atom. The first-order valence-corrected chi connectivity index (χ1v) is 20.8. The largest absolute Gasteiger partial charge is 0.508 e. The highest BCUT2D eigenvalue weighted by atomic mass is 16.5. The molecule has 0 saturated carbocycles. The molecule has 0 aromatic heterocycles. The summed E-state index contributed by atoms with van der Waals surface area (Å²) in [5.74, 6) is 12.5. The number of carbonyl (C=O) groups is 2. The van der Waals surface area contributed by atoms with Crippen molar-refractivity contribution in [3.05, 3.63) is 29.8 Å². The Labute approximate surface area is 322 Å². The van der Waals surface area contributed by atoms with Crippen molar-refractivity contribution in [1.29, 1.82) is 0 Å². The fourth-order valence-electron chi connectivity index (χ4n) is 5.65. The van der Waals surface area contributed by atoms with Gasteiger partial charge in [0.05, 0.1) is 32.5 Å². The summed E-state index contributed by atoms with van der Waals surface area (Å²) in [4.78, 5) is 24.2. The van der Waals surface area contributed by atoms with E-state index in [9.17, 15) is 14.7 Å². The molecule has 2 amide bonds. The van der Waals surface area contributed by atoms with Gasteiger partial charge in [0.1, 0.15) is 5.75 Å². The second-order valence-corrected chi connectivity index (χ2v) is 13.8. The predicted octanol–water partition coefficient (Wildman–Crippen LogP) is 7.76. The monoisotopic (exact) mass is 740 g/mol. The molecule has 1 atom stereocenters. The summed E-state index contributed by atoms with van der Waals surface area (Å²) >= 11 is 0. The standard InChI is InChI=1S/C44H73N3O6/c1-2-3-4-5-6-7-8-9-10-11-12-13-14-15-16-17-18-19-20-21-22-23-26-43(49)46-31-24-33-51-35-37-53-38-36-52-34-25-32-47-44(50)42(45)39-40-27-29-41(48)30-28-40/h27-30,42,48H,2-12,17-26,31-39,45H2,1H3,(H,46,49)(H,47,50)/t42-/m0/s1. The Kier molecular flexibility index (Phi) is 33.7. The number of hydrogen-bond acceptors (Lipinski definition) is 7. The first kappa shape index (κ1) is 47.9. The summed E-state index contributed by atoms with van der Waals surface area (Å²) in [6.07, 6.45) is 24.6. The first-order chi connectivity index (χ1) is 26.0. The Bertz CT molecular complexity index is 1140. The summed E-state index contributed by atoms with van der Waals surface area (Å²) in [6.45, 7) is 6.45. The van der Waals surface area contributed by atoms with Gasteiger partial charge >= 0.3 is 0 Å². The van der Waals surface area contributed by atoms with E-state index in [0.29, 0.717) is 72.0 Å². The van der Waals surface area contributed by atoms with Crippen LogP contribution in [0.5, 0.6) is 5.75 Å². The highest BCUT2D eigenvalue weighted by Crippen LogP contribution is 2.12. The van der Waals surface area contributed by atoms with Crippen LogP contribution in [0.2, 0.25) is 0 Å². The minimum Gasteiger partial charge on any atom is -0.508 e. The molecule has 0 bridgehead atoms. The van der Waals surface area contributed by atoms with Crippen molar-refractivity contribution in [2.24, 2.45) is 5.73 Å². The average molecular weight is 740 g/mol. The Morgan fingerprint density at radius 1 is 0.623 bits per heavy atom. The topological polar surface area (TPSA) is 132 Å². The summed E-state index contributed by atoms with van der Waals surface area (Å²) in [5.41, 5.74) is 6.86. The number of unbranched alkanes of at least 4 members (excludes halogenated alkanes) is 16. The molecule has 0 spiro atoms. The van der Waals surface area contributed by atoms with Gasteiger partial charge in [-0.2, -0.15) is 0 Å². The number of ether oxygens (including phenoxy) is 3. The van der Waals surface area contributed by atoms with Gasteiger partial charge in [0, 0.05) is 45.6 Å². The molecule has 1 aromatic carbocycles. The van der Waals surface area contributed by atoms with Crippen molar-refractivity contribution in [2.45, 2.75) is 154 Å². The van der Waals surface area contributed by atoms with Crippen LogP contribution in [0, 0.1) is 23.7 Å².